The van der Waals surface area contributed by atoms with Gasteiger partial charge in [-0.3, -0.25) is 9.59 Å². The van der Waals surface area contributed by atoms with Crippen LogP contribution in [0.5, 0.6) is 0 Å². The van der Waals surface area contributed by atoms with Crippen LogP contribution in [0.4, 0.5) is 0 Å². The molecule has 0 saturated heterocycles. The molecule has 136 valence electrons. The molecule has 0 spiro atoms. The monoisotopic (exact) mass is 336 g/mol. The second-order valence-electron chi connectivity index (χ2n) is 6.85. The molecule has 4 heteroatoms. The number of ketones is 1. The minimum atomic E-state index is -0.981. The molecule has 0 saturated carbocycles. The number of rotatable bonds is 12. The summed E-state index contributed by atoms with van der Waals surface area (Å²) in [5.74, 6) is -0.121. The number of hydrogen-bond donors (Lipinski definition) is 2. The number of aliphatic hydroxyl groups excluding tert-OH is 1. The lowest BCUT2D eigenvalue weighted by Crippen LogP contribution is -2.16. The van der Waals surface area contributed by atoms with Crippen LogP contribution in [0.2, 0.25) is 0 Å². The van der Waals surface area contributed by atoms with Crippen molar-refractivity contribution in [2.75, 3.05) is 6.61 Å². The number of aldehydes is 1. The first kappa shape index (κ1) is 22.5. The predicted molar refractivity (Wildman–Crippen MR) is 97.7 cm³/mol. The van der Waals surface area contributed by atoms with E-state index in [1.165, 1.54) is 12.2 Å². The minimum Gasteiger partial charge on any atom is -0.392 e. The molecular formula is C20H32O4. The van der Waals surface area contributed by atoms with Gasteiger partial charge < -0.3 is 10.2 Å². The van der Waals surface area contributed by atoms with E-state index in [0.717, 1.165) is 36.7 Å². The van der Waals surface area contributed by atoms with Gasteiger partial charge in [0, 0.05) is 5.92 Å². The summed E-state index contributed by atoms with van der Waals surface area (Å²) in [6.07, 6.45) is 11.3. The van der Waals surface area contributed by atoms with Crippen LogP contribution < -0.4 is 0 Å². The molecule has 24 heavy (non-hydrogen) atoms. The second-order valence-corrected chi connectivity index (χ2v) is 6.85. The third-order valence-corrected chi connectivity index (χ3v) is 3.78. The number of hydrogen-bond acceptors (Lipinski definition) is 4. The fourth-order valence-electron chi connectivity index (χ4n) is 2.16. The Labute approximate surface area is 146 Å². The van der Waals surface area contributed by atoms with Gasteiger partial charge in [0.2, 0.25) is 0 Å². The van der Waals surface area contributed by atoms with E-state index in [1.54, 1.807) is 19.9 Å². The Morgan fingerprint density at radius 2 is 1.88 bits per heavy atom. The molecule has 0 aromatic rings. The summed E-state index contributed by atoms with van der Waals surface area (Å²) in [5, 5.41) is 18.4. The summed E-state index contributed by atoms with van der Waals surface area (Å²) in [5.41, 5.74) is 0.890. The van der Waals surface area contributed by atoms with Crippen molar-refractivity contribution in [2.45, 2.75) is 65.4 Å². The Hall–Kier alpha value is -1.52. The van der Waals surface area contributed by atoms with Gasteiger partial charge in [0.15, 0.2) is 5.78 Å². The molecule has 0 amide bonds. The number of carbonyl (C=O) groups is 2. The van der Waals surface area contributed by atoms with Crippen molar-refractivity contribution >= 4 is 12.1 Å². The highest BCUT2D eigenvalue weighted by atomic mass is 16.3. The normalized spacial score (nSPS) is 14.9. The topological polar surface area (TPSA) is 74.6 Å². The molecule has 0 unspecified atom stereocenters. The Bertz CT molecular complexity index is 478. The summed E-state index contributed by atoms with van der Waals surface area (Å²) >= 11 is 0. The maximum absolute atomic E-state index is 11.9. The Morgan fingerprint density at radius 1 is 1.21 bits per heavy atom. The van der Waals surface area contributed by atoms with Crippen LogP contribution in [0, 0.1) is 5.92 Å². The highest BCUT2D eigenvalue weighted by Gasteiger charge is 2.12. The van der Waals surface area contributed by atoms with Gasteiger partial charge in [-0.25, -0.2) is 0 Å². The molecule has 0 heterocycles. The van der Waals surface area contributed by atoms with Crippen molar-refractivity contribution in [2.24, 2.45) is 5.92 Å². The smallest absolute Gasteiger partial charge is 0.158 e. The molecule has 0 bridgehead atoms. The van der Waals surface area contributed by atoms with Crippen molar-refractivity contribution in [3.05, 3.63) is 35.5 Å². The SMILES string of the molecule is C/C(=C/CO)CCC=C(C=O)CCC[C@H](C)C(=O)/C=C/C(C)(C)O. The quantitative estimate of drug-likeness (QED) is 0.325. The predicted octanol–water partition coefficient (Wildman–Crippen LogP) is 3.53. The molecule has 0 aromatic carbocycles. The first-order chi connectivity index (χ1) is 11.2. The van der Waals surface area contributed by atoms with Crippen LogP contribution in [0.3, 0.4) is 0 Å². The van der Waals surface area contributed by atoms with E-state index in [9.17, 15) is 14.7 Å². The molecule has 1 atom stereocenters. The lowest BCUT2D eigenvalue weighted by atomic mass is 9.96. The summed E-state index contributed by atoms with van der Waals surface area (Å²) in [7, 11) is 0. The van der Waals surface area contributed by atoms with E-state index in [2.05, 4.69) is 0 Å². The Balaban J connectivity index is 4.26. The van der Waals surface area contributed by atoms with Gasteiger partial charge in [-0.2, -0.15) is 0 Å². The molecule has 0 fully saturated rings. The van der Waals surface area contributed by atoms with Crippen molar-refractivity contribution in [3.63, 3.8) is 0 Å². The van der Waals surface area contributed by atoms with Crippen molar-refractivity contribution < 1.29 is 19.8 Å². The number of carbonyl (C=O) groups excluding carboxylic acids is 2. The summed E-state index contributed by atoms with van der Waals surface area (Å²) in [4.78, 5) is 23.0. The van der Waals surface area contributed by atoms with Crippen molar-refractivity contribution in [3.8, 4) is 0 Å². The van der Waals surface area contributed by atoms with Crippen molar-refractivity contribution in [1.82, 2.24) is 0 Å². The van der Waals surface area contributed by atoms with E-state index in [1.807, 2.05) is 19.9 Å². The van der Waals surface area contributed by atoms with Crippen LogP contribution >= 0.6 is 0 Å². The van der Waals surface area contributed by atoms with Crippen LogP contribution in [0.1, 0.15) is 59.8 Å². The third-order valence-electron chi connectivity index (χ3n) is 3.78. The van der Waals surface area contributed by atoms with Crippen LogP contribution in [0.15, 0.2) is 35.5 Å². The first-order valence-corrected chi connectivity index (χ1v) is 8.55. The standard InChI is InChI=1S/C20H32O4/c1-16(12-14-21)7-5-9-18(15-22)10-6-8-17(2)19(23)11-13-20(3,4)24/h9,11-13,15,17,21,24H,5-8,10,14H2,1-4H3/b13-11+,16-12-,18-9?/t17-/m0/s1. The zero-order chi connectivity index (χ0) is 18.6. The lowest BCUT2D eigenvalue weighted by Gasteiger charge is -2.11. The average molecular weight is 336 g/mol. The average Bonchev–Trinajstić information content (AvgIpc) is 2.50. The van der Waals surface area contributed by atoms with Crippen molar-refractivity contribution in [1.29, 1.82) is 0 Å². The van der Waals surface area contributed by atoms with Gasteiger partial charge >= 0.3 is 0 Å². The van der Waals surface area contributed by atoms with Gasteiger partial charge in [0.1, 0.15) is 6.29 Å². The molecule has 0 aliphatic heterocycles. The van der Waals surface area contributed by atoms with Crippen LogP contribution in [0.25, 0.3) is 0 Å². The molecular weight excluding hydrogens is 304 g/mol. The molecule has 2 N–H and O–H groups in total. The third kappa shape index (κ3) is 12.0. The molecule has 0 radical (unpaired) electrons. The van der Waals surface area contributed by atoms with Gasteiger partial charge in [-0.05, 0) is 64.5 Å². The number of allylic oxidation sites excluding steroid dienone is 4. The summed E-state index contributed by atoms with van der Waals surface area (Å²) < 4.78 is 0. The van der Waals surface area contributed by atoms with E-state index in [4.69, 9.17) is 5.11 Å². The summed E-state index contributed by atoms with van der Waals surface area (Å²) in [6, 6.07) is 0. The fourth-order valence-corrected chi connectivity index (χ4v) is 2.16. The Morgan fingerprint density at radius 3 is 2.42 bits per heavy atom. The molecule has 0 rings (SSSR count). The maximum Gasteiger partial charge on any atom is 0.158 e. The fraction of sp³-hybridized carbons (Fsp3) is 0.600. The van der Waals surface area contributed by atoms with Crippen LogP contribution in [-0.4, -0.2) is 34.5 Å². The van der Waals surface area contributed by atoms with Gasteiger partial charge in [-0.15, -0.1) is 0 Å². The maximum atomic E-state index is 11.9. The summed E-state index contributed by atoms with van der Waals surface area (Å²) in [6.45, 7) is 7.12. The van der Waals surface area contributed by atoms with E-state index < -0.39 is 5.60 Å². The van der Waals surface area contributed by atoms with Gasteiger partial charge in [-0.1, -0.05) is 30.7 Å². The molecule has 0 aliphatic rings. The zero-order valence-corrected chi connectivity index (χ0v) is 15.4. The van der Waals surface area contributed by atoms with Crippen LogP contribution in [-0.2, 0) is 9.59 Å². The largest absolute Gasteiger partial charge is 0.392 e. The number of aliphatic hydroxyl groups is 2. The van der Waals surface area contributed by atoms with Gasteiger partial charge in [0.25, 0.3) is 0 Å². The molecule has 0 aromatic heterocycles. The first-order valence-electron chi connectivity index (χ1n) is 8.55. The highest BCUT2D eigenvalue weighted by molar-refractivity contribution is 5.91. The zero-order valence-electron chi connectivity index (χ0n) is 15.4. The Kier molecular flexibility index (Phi) is 11.2. The molecule has 4 nitrogen and oxygen atoms in total. The lowest BCUT2D eigenvalue weighted by molar-refractivity contribution is -0.118. The van der Waals surface area contributed by atoms with E-state index >= 15 is 0 Å². The van der Waals surface area contributed by atoms with E-state index in [-0.39, 0.29) is 18.3 Å². The molecule has 0 aliphatic carbocycles. The van der Waals surface area contributed by atoms with E-state index in [0.29, 0.717) is 12.8 Å². The minimum absolute atomic E-state index is 0.00137. The van der Waals surface area contributed by atoms with Gasteiger partial charge in [0.05, 0.1) is 12.2 Å². The highest BCUT2D eigenvalue weighted by Crippen LogP contribution is 2.15. The second kappa shape index (κ2) is 11.9.